The van der Waals surface area contributed by atoms with Crippen LogP contribution in [0.15, 0.2) is 29.3 Å². The van der Waals surface area contributed by atoms with Gasteiger partial charge in [0.1, 0.15) is 5.82 Å². The van der Waals surface area contributed by atoms with Crippen LogP contribution in [0.3, 0.4) is 0 Å². The second kappa shape index (κ2) is 11.7. The molecule has 0 radical (unpaired) electrons. The molecule has 0 aliphatic carbocycles. The van der Waals surface area contributed by atoms with Gasteiger partial charge in [-0.1, -0.05) is 32.0 Å². The number of rotatable bonds is 6. The minimum Gasteiger partial charge on any atom is -0.355 e. The van der Waals surface area contributed by atoms with Gasteiger partial charge in [-0.25, -0.2) is 4.39 Å². The highest BCUT2D eigenvalue weighted by Gasteiger charge is 2.25. The Hall–Kier alpha value is -0.930. The maximum Gasteiger partial charge on any atom is 0.191 e. The molecular formula is C19H33FIN5. The molecule has 26 heavy (non-hydrogen) atoms. The van der Waals surface area contributed by atoms with Crippen molar-refractivity contribution in [3.63, 3.8) is 0 Å². The lowest BCUT2D eigenvalue weighted by molar-refractivity contribution is 0.0900. The molecular weight excluding hydrogens is 444 g/mol. The fourth-order valence-electron chi connectivity index (χ4n) is 3.18. The van der Waals surface area contributed by atoms with Gasteiger partial charge in [-0.15, -0.1) is 24.0 Å². The van der Waals surface area contributed by atoms with Gasteiger partial charge in [0.2, 0.25) is 0 Å². The van der Waals surface area contributed by atoms with Crippen molar-refractivity contribution < 1.29 is 4.39 Å². The molecule has 1 aliphatic heterocycles. The van der Waals surface area contributed by atoms with Gasteiger partial charge in [0.15, 0.2) is 5.96 Å². The van der Waals surface area contributed by atoms with Crippen molar-refractivity contribution in [2.24, 2.45) is 10.9 Å². The summed E-state index contributed by atoms with van der Waals surface area (Å²) in [5.74, 6) is 1.08. The summed E-state index contributed by atoms with van der Waals surface area (Å²) >= 11 is 0. The van der Waals surface area contributed by atoms with Gasteiger partial charge in [-0.05, 0) is 19.0 Å². The number of nitrogens with one attached hydrogen (secondary N) is 2. The summed E-state index contributed by atoms with van der Waals surface area (Å²) in [6.07, 6.45) is 0. The summed E-state index contributed by atoms with van der Waals surface area (Å²) in [4.78, 5) is 9.20. The van der Waals surface area contributed by atoms with E-state index in [1.807, 2.05) is 6.07 Å². The quantitative estimate of drug-likeness (QED) is 0.375. The number of benzene rings is 1. The van der Waals surface area contributed by atoms with E-state index in [4.69, 9.17) is 0 Å². The van der Waals surface area contributed by atoms with Gasteiger partial charge < -0.3 is 15.5 Å². The number of piperazine rings is 1. The predicted octanol–water partition coefficient (Wildman–Crippen LogP) is 2.38. The Morgan fingerprint density at radius 3 is 2.38 bits per heavy atom. The number of halogens is 2. The Labute approximate surface area is 174 Å². The second-order valence-corrected chi connectivity index (χ2v) is 7.05. The lowest BCUT2D eigenvalue weighted by atomic mass is 10.0. The first-order chi connectivity index (χ1) is 12.0. The molecule has 0 amide bonds. The van der Waals surface area contributed by atoms with E-state index >= 15 is 0 Å². The zero-order valence-corrected chi connectivity index (χ0v) is 18.7. The van der Waals surface area contributed by atoms with Crippen LogP contribution in [-0.2, 0) is 6.54 Å². The van der Waals surface area contributed by atoms with E-state index in [9.17, 15) is 4.39 Å². The summed E-state index contributed by atoms with van der Waals surface area (Å²) in [6, 6.07) is 7.28. The SMILES string of the molecule is CN=C(NCc1ccccc1F)NCC(C(C)C)N1CCN(C)CC1.I. The van der Waals surface area contributed by atoms with E-state index in [2.05, 4.69) is 46.3 Å². The van der Waals surface area contributed by atoms with Crippen LogP contribution >= 0.6 is 24.0 Å². The highest BCUT2D eigenvalue weighted by atomic mass is 127. The fraction of sp³-hybridized carbons (Fsp3) is 0.632. The highest BCUT2D eigenvalue weighted by molar-refractivity contribution is 14.0. The largest absolute Gasteiger partial charge is 0.355 e. The Balaban J connectivity index is 0.00000338. The molecule has 2 N–H and O–H groups in total. The summed E-state index contributed by atoms with van der Waals surface area (Å²) < 4.78 is 13.7. The Bertz CT molecular complexity index is 559. The first-order valence-electron chi connectivity index (χ1n) is 9.11. The minimum atomic E-state index is -0.192. The summed E-state index contributed by atoms with van der Waals surface area (Å²) in [6.45, 7) is 10.2. The molecule has 1 unspecified atom stereocenters. The van der Waals surface area contributed by atoms with Gasteiger partial charge in [0.05, 0.1) is 0 Å². The van der Waals surface area contributed by atoms with Gasteiger partial charge in [0.25, 0.3) is 0 Å². The van der Waals surface area contributed by atoms with Crippen molar-refractivity contribution >= 4 is 29.9 Å². The third kappa shape index (κ3) is 7.00. The van der Waals surface area contributed by atoms with E-state index in [1.54, 1.807) is 19.2 Å². The van der Waals surface area contributed by atoms with Crippen molar-refractivity contribution in [2.75, 3.05) is 46.8 Å². The van der Waals surface area contributed by atoms with Crippen LogP contribution in [0.2, 0.25) is 0 Å². The molecule has 5 nitrogen and oxygen atoms in total. The highest BCUT2D eigenvalue weighted by Crippen LogP contribution is 2.13. The van der Waals surface area contributed by atoms with Crippen molar-refractivity contribution in [1.29, 1.82) is 0 Å². The number of hydrogen-bond donors (Lipinski definition) is 2. The van der Waals surface area contributed by atoms with E-state index in [1.165, 1.54) is 6.07 Å². The molecule has 2 rings (SSSR count). The van der Waals surface area contributed by atoms with E-state index in [0.717, 1.165) is 32.7 Å². The maximum atomic E-state index is 13.7. The monoisotopic (exact) mass is 477 g/mol. The molecule has 1 fully saturated rings. The summed E-state index contributed by atoms with van der Waals surface area (Å²) in [5, 5.41) is 6.61. The average molecular weight is 477 g/mol. The van der Waals surface area contributed by atoms with Gasteiger partial charge in [-0.2, -0.15) is 0 Å². The van der Waals surface area contributed by atoms with Crippen molar-refractivity contribution in [3.05, 3.63) is 35.6 Å². The number of hydrogen-bond acceptors (Lipinski definition) is 3. The fourth-order valence-corrected chi connectivity index (χ4v) is 3.18. The summed E-state index contributed by atoms with van der Waals surface area (Å²) in [7, 11) is 3.92. The van der Waals surface area contributed by atoms with E-state index in [0.29, 0.717) is 30.0 Å². The smallest absolute Gasteiger partial charge is 0.191 e. The summed E-state index contributed by atoms with van der Waals surface area (Å²) in [5.41, 5.74) is 0.643. The molecule has 7 heteroatoms. The normalized spacial score (nSPS) is 17.7. The van der Waals surface area contributed by atoms with Crippen molar-refractivity contribution in [3.8, 4) is 0 Å². The molecule has 0 spiro atoms. The third-order valence-corrected chi connectivity index (χ3v) is 4.88. The van der Waals surface area contributed by atoms with E-state index in [-0.39, 0.29) is 29.8 Å². The lowest BCUT2D eigenvalue weighted by Crippen LogP contribution is -2.55. The zero-order valence-electron chi connectivity index (χ0n) is 16.3. The van der Waals surface area contributed by atoms with Gasteiger partial charge in [0, 0.05) is 57.9 Å². The number of likely N-dealkylation sites (N-methyl/N-ethyl adjacent to an activating group) is 1. The maximum absolute atomic E-state index is 13.7. The van der Waals surface area contributed by atoms with Crippen LogP contribution < -0.4 is 10.6 Å². The van der Waals surface area contributed by atoms with Crippen LogP contribution in [0.5, 0.6) is 0 Å². The Morgan fingerprint density at radius 1 is 1.15 bits per heavy atom. The molecule has 0 saturated carbocycles. The topological polar surface area (TPSA) is 42.9 Å². The van der Waals surface area contributed by atoms with Gasteiger partial charge in [-0.3, -0.25) is 9.89 Å². The van der Waals surface area contributed by atoms with Crippen LogP contribution in [0, 0.1) is 11.7 Å². The molecule has 0 bridgehead atoms. The molecule has 1 saturated heterocycles. The van der Waals surface area contributed by atoms with Crippen LogP contribution in [0.4, 0.5) is 4.39 Å². The number of guanidine groups is 1. The lowest BCUT2D eigenvalue weighted by Gasteiger charge is -2.40. The van der Waals surface area contributed by atoms with Crippen LogP contribution in [-0.4, -0.2) is 68.6 Å². The van der Waals surface area contributed by atoms with Crippen molar-refractivity contribution in [2.45, 2.75) is 26.4 Å². The zero-order chi connectivity index (χ0) is 18.2. The first kappa shape index (κ1) is 23.1. The molecule has 1 atom stereocenters. The Kier molecular flexibility index (Phi) is 10.4. The first-order valence-corrected chi connectivity index (χ1v) is 9.11. The molecule has 148 valence electrons. The van der Waals surface area contributed by atoms with Crippen LogP contribution in [0.25, 0.3) is 0 Å². The number of aliphatic imine (C=N–C) groups is 1. The van der Waals surface area contributed by atoms with Crippen molar-refractivity contribution in [1.82, 2.24) is 20.4 Å². The molecule has 1 aromatic carbocycles. The van der Waals surface area contributed by atoms with Crippen LogP contribution in [0.1, 0.15) is 19.4 Å². The average Bonchev–Trinajstić information content (AvgIpc) is 2.60. The molecule has 1 heterocycles. The minimum absolute atomic E-state index is 0. The number of nitrogens with zero attached hydrogens (tertiary/aromatic N) is 3. The standard InChI is InChI=1S/C19H32FN5.HI/c1-15(2)18(25-11-9-24(4)10-12-25)14-23-19(21-3)22-13-16-7-5-6-8-17(16)20;/h5-8,15,18H,9-14H2,1-4H3,(H2,21,22,23);1H. The second-order valence-electron chi connectivity index (χ2n) is 7.05. The molecule has 1 aliphatic rings. The molecule has 1 aromatic rings. The third-order valence-electron chi connectivity index (χ3n) is 4.88. The molecule has 0 aromatic heterocycles. The van der Waals surface area contributed by atoms with E-state index < -0.39 is 0 Å². The van der Waals surface area contributed by atoms with Gasteiger partial charge >= 0.3 is 0 Å². The predicted molar refractivity (Wildman–Crippen MR) is 118 cm³/mol. The Morgan fingerprint density at radius 2 is 1.81 bits per heavy atom.